The van der Waals surface area contributed by atoms with Crippen LogP contribution >= 0.6 is 0 Å². The van der Waals surface area contributed by atoms with Crippen LogP contribution in [-0.2, 0) is 26.2 Å². The van der Waals surface area contributed by atoms with Crippen LogP contribution in [0.25, 0.3) is 0 Å². The summed E-state index contributed by atoms with van der Waals surface area (Å²) in [4.78, 5) is 28.6. The lowest BCUT2D eigenvalue weighted by Gasteiger charge is -2.33. The second kappa shape index (κ2) is 12.7. The summed E-state index contributed by atoms with van der Waals surface area (Å²) in [5.74, 6) is -0.756. The third kappa shape index (κ3) is 7.01. The van der Waals surface area contributed by atoms with Gasteiger partial charge in [0.15, 0.2) is 0 Å². The van der Waals surface area contributed by atoms with Crippen LogP contribution in [0, 0.1) is 13.8 Å². The number of nitrogens with one attached hydrogen (secondary N) is 1. The van der Waals surface area contributed by atoms with Crippen molar-refractivity contribution in [2.75, 3.05) is 10.8 Å². The summed E-state index contributed by atoms with van der Waals surface area (Å²) in [6, 6.07) is 22.1. The maximum absolute atomic E-state index is 13.9. The second-order valence-corrected chi connectivity index (χ2v) is 11.5. The lowest BCUT2D eigenvalue weighted by molar-refractivity contribution is -0.139. The Kier molecular flexibility index (Phi) is 9.69. The summed E-state index contributed by atoms with van der Waals surface area (Å²) >= 11 is 0. The zero-order chi connectivity index (χ0) is 27.9. The minimum Gasteiger partial charge on any atom is -0.352 e. The second-order valence-electron chi connectivity index (χ2n) is 9.62. The topological polar surface area (TPSA) is 86.8 Å². The van der Waals surface area contributed by atoms with Gasteiger partial charge < -0.3 is 10.2 Å². The van der Waals surface area contributed by atoms with E-state index in [4.69, 9.17) is 0 Å². The monoisotopic (exact) mass is 535 g/mol. The highest BCUT2D eigenvalue weighted by Crippen LogP contribution is 2.28. The van der Waals surface area contributed by atoms with Crippen LogP contribution in [0.1, 0.15) is 43.9 Å². The molecule has 0 aliphatic rings. The van der Waals surface area contributed by atoms with Crippen molar-refractivity contribution in [2.45, 2.75) is 64.6 Å². The van der Waals surface area contributed by atoms with Gasteiger partial charge in [-0.05, 0) is 69.0 Å². The van der Waals surface area contributed by atoms with E-state index in [1.807, 2.05) is 70.2 Å². The number of carbonyl (C=O) groups excluding carboxylic acids is 2. The van der Waals surface area contributed by atoms with Gasteiger partial charge in [0.2, 0.25) is 11.8 Å². The van der Waals surface area contributed by atoms with Crippen molar-refractivity contribution < 1.29 is 18.0 Å². The van der Waals surface area contributed by atoms with Crippen LogP contribution in [-0.4, -0.2) is 43.8 Å². The Hall–Kier alpha value is -3.65. The van der Waals surface area contributed by atoms with E-state index in [0.717, 1.165) is 27.4 Å². The summed E-state index contributed by atoms with van der Waals surface area (Å²) in [5, 5.41) is 2.94. The van der Waals surface area contributed by atoms with E-state index in [1.54, 1.807) is 31.2 Å². The average molecular weight is 536 g/mol. The molecule has 0 aliphatic carbocycles. The summed E-state index contributed by atoms with van der Waals surface area (Å²) in [6.45, 7) is 8.96. The molecule has 0 bridgehead atoms. The van der Waals surface area contributed by atoms with E-state index in [-0.39, 0.29) is 23.4 Å². The summed E-state index contributed by atoms with van der Waals surface area (Å²) in [7, 11) is -4.08. The fraction of sp³-hybridized carbons (Fsp3) is 0.333. The number of rotatable bonds is 11. The molecule has 0 aromatic heterocycles. The van der Waals surface area contributed by atoms with Crippen molar-refractivity contribution in [2.24, 2.45) is 0 Å². The number of hydrogen-bond acceptors (Lipinski definition) is 4. The van der Waals surface area contributed by atoms with Crippen molar-refractivity contribution in [3.8, 4) is 0 Å². The van der Waals surface area contributed by atoms with Crippen LogP contribution in [0.2, 0.25) is 0 Å². The first-order valence-electron chi connectivity index (χ1n) is 12.8. The third-order valence-electron chi connectivity index (χ3n) is 6.61. The lowest BCUT2D eigenvalue weighted by atomic mass is 10.1. The van der Waals surface area contributed by atoms with Crippen LogP contribution in [0.3, 0.4) is 0 Å². The molecule has 0 aliphatic heterocycles. The molecule has 7 nitrogen and oxygen atoms in total. The fourth-order valence-electron chi connectivity index (χ4n) is 4.05. The van der Waals surface area contributed by atoms with E-state index >= 15 is 0 Å². The number of sulfonamides is 1. The Bertz CT molecular complexity index is 1340. The number of anilines is 1. The molecular formula is C30H37N3O4S. The Labute approximate surface area is 226 Å². The van der Waals surface area contributed by atoms with Crippen molar-refractivity contribution in [1.82, 2.24) is 10.2 Å². The average Bonchev–Trinajstić information content (AvgIpc) is 2.92. The van der Waals surface area contributed by atoms with Gasteiger partial charge >= 0.3 is 0 Å². The van der Waals surface area contributed by atoms with Gasteiger partial charge in [0, 0.05) is 12.6 Å². The normalized spacial score (nSPS) is 12.9. The Balaban J connectivity index is 2.04. The van der Waals surface area contributed by atoms with Gasteiger partial charge in [-0.3, -0.25) is 13.9 Å². The molecular weight excluding hydrogens is 498 g/mol. The summed E-state index contributed by atoms with van der Waals surface area (Å²) in [6.07, 6.45) is 0.751. The molecule has 202 valence electrons. The lowest BCUT2D eigenvalue weighted by Crippen LogP contribution is -2.52. The van der Waals surface area contributed by atoms with Gasteiger partial charge in [-0.25, -0.2) is 8.42 Å². The molecule has 0 saturated carbocycles. The van der Waals surface area contributed by atoms with E-state index in [1.165, 1.54) is 17.0 Å². The van der Waals surface area contributed by atoms with Gasteiger partial charge in [0.25, 0.3) is 10.0 Å². The minimum absolute atomic E-state index is 0.0523. The molecule has 3 rings (SSSR count). The standard InChI is InChI=1S/C30H37N3O4S/c1-6-24(4)31-30(35)25(5)32(20-26-13-9-7-10-14-26)29(34)21-33(28-19-22(2)17-18-23(28)3)38(36,37)27-15-11-8-12-16-27/h7-19,24-25H,6,20-21H2,1-5H3,(H,31,35)/t24-,25+/m0/s1. The predicted molar refractivity (Wildman–Crippen MR) is 151 cm³/mol. The molecule has 8 heteroatoms. The number of nitrogens with zero attached hydrogens (tertiary/aromatic N) is 2. The molecule has 2 atom stereocenters. The Morgan fingerprint density at radius 2 is 1.50 bits per heavy atom. The van der Waals surface area contributed by atoms with Gasteiger partial charge in [0.1, 0.15) is 12.6 Å². The first-order valence-corrected chi connectivity index (χ1v) is 14.3. The molecule has 0 saturated heterocycles. The van der Waals surface area contributed by atoms with Crippen molar-refractivity contribution in [3.63, 3.8) is 0 Å². The first-order chi connectivity index (χ1) is 18.0. The van der Waals surface area contributed by atoms with Crippen molar-refractivity contribution in [1.29, 1.82) is 0 Å². The number of amides is 2. The molecule has 3 aromatic carbocycles. The molecule has 0 spiro atoms. The number of carbonyl (C=O) groups is 2. The molecule has 0 unspecified atom stereocenters. The van der Waals surface area contributed by atoms with E-state index in [9.17, 15) is 18.0 Å². The number of benzene rings is 3. The maximum atomic E-state index is 13.9. The smallest absolute Gasteiger partial charge is 0.264 e. The minimum atomic E-state index is -4.08. The Morgan fingerprint density at radius 3 is 2.11 bits per heavy atom. The van der Waals surface area contributed by atoms with Gasteiger partial charge in [-0.2, -0.15) is 0 Å². The van der Waals surface area contributed by atoms with Crippen LogP contribution in [0.5, 0.6) is 0 Å². The quantitative estimate of drug-likeness (QED) is 0.381. The fourth-order valence-corrected chi connectivity index (χ4v) is 5.54. The SMILES string of the molecule is CC[C@H](C)NC(=O)[C@@H](C)N(Cc1ccccc1)C(=O)CN(c1cc(C)ccc1C)S(=O)(=O)c1ccccc1. The molecule has 3 aromatic rings. The molecule has 0 radical (unpaired) electrons. The largest absolute Gasteiger partial charge is 0.352 e. The molecule has 1 N–H and O–H groups in total. The van der Waals surface area contributed by atoms with Crippen LogP contribution in [0.15, 0.2) is 83.8 Å². The highest BCUT2D eigenvalue weighted by molar-refractivity contribution is 7.92. The molecule has 0 fully saturated rings. The van der Waals surface area contributed by atoms with Gasteiger partial charge in [0.05, 0.1) is 10.6 Å². The van der Waals surface area contributed by atoms with Gasteiger partial charge in [-0.15, -0.1) is 0 Å². The number of aryl methyl sites for hydroxylation is 2. The number of hydrogen-bond donors (Lipinski definition) is 1. The zero-order valence-electron chi connectivity index (χ0n) is 22.7. The van der Waals surface area contributed by atoms with Crippen LogP contribution < -0.4 is 9.62 Å². The highest BCUT2D eigenvalue weighted by Gasteiger charge is 2.33. The van der Waals surface area contributed by atoms with E-state index in [2.05, 4.69) is 5.32 Å². The predicted octanol–water partition coefficient (Wildman–Crippen LogP) is 4.83. The van der Waals surface area contributed by atoms with Crippen LogP contribution in [0.4, 0.5) is 5.69 Å². The molecule has 2 amide bonds. The Morgan fingerprint density at radius 1 is 0.895 bits per heavy atom. The third-order valence-corrected chi connectivity index (χ3v) is 8.38. The molecule has 0 heterocycles. The molecule has 38 heavy (non-hydrogen) atoms. The first kappa shape index (κ1) is 28.9. The van der Waals surface area contributed by atoms with Crippen molar-refractivity contribution in [3.05, 3.63) is 95.6 Å². The van der Waals surface area contributed by atoms with Gasteiger partial charge in [-0.1, -0.05) is 67.6 Å². The van der Waals surface area contributed by atoms with E-state index < -0.39 is 28.5 Å². The zero-order valence-corrected chi connectivity index (χ0v) is 23.5. The maximum Gasteiger partial charge on any atom is 0.264 e. The van der Waals surface area contributed by atoms with E-state index in [0.29, 0.717) is 5.69 Å². The summed E-state index contributed by atoms with van der Waals surface area (Å²) < 4.78 is 28.9. The van der Waals surface area contributed by atoms with Crippen molar-refractivity contribution >= 4 is 27.5 Å². The summed E-state index contributed by atoms with van der Waals surface area (Å²) in [5.41, 5.74) is 2.86. The highest BCUT2D eigenvalue weighted by atomic mass is 32.2.